The Morgan fingerprint density at radius 3 is 2.63 bits per heavy atom. The van der Waals surface area contributed by atoms with Gasteiger partial charge in [0.2, 0.25) is 0 Å². The van der Waals surface area contributed by atoms with Gasteiger partial charge in [0.05, 0.1) is 23.2 Å². The third kappa shape index (κ3) is 5.41. The van der Waals surface area contributed by atoms with E-state index in [1.165, 1.54) is 17.8 Å². The molecule has 0 unspecified atom stereocenters. The van der Waals surface area contributed by atoms with E-state index in [0.29, 0.717) is 34.7 Å². The number of anilines is 1. The van der Waals surface area contributed by atoms with Crippen molar-refractivity contribution in [2.24, 2.45) is 0 Å². The molecule has 0 saturated heterocycles. The number of aromatic nitrogens is 3. The van der Waals surface area contributed by atoms with Crippen LogP contribution in [0.15, 0.2) is 70.7 Å². The molecule has 2 aromatic carbocycles. The van der Waals surface area contributed by atoms with Gasteiger partial charge in [-0.05, 0) is 63.1 Å². The number of imidazole rings is 1. The normalized spacial score (nSPS) is 13.7. The van der Waals surface area contributed by atoms with Crippen LogP contribution in [-0.4, -0.2) is 48.9 Å². The summed E-state index contributed by atoms with van der Waals surface area (Å²) in [6.45, 7) is 3.78. The van der Waals surface area contributed by atoms with Crippen LogP contribution in [0, 0.1) is 0 Å². The number of phenolic OH excluding ortho intramolecular Hbond substituents is 1. The molecule has 9 heteroatoms. The van der Waals surface area contributed by atoms with Crippen molar-refractivity contribution in [3.05, 3.63) is 66.4 Å². The quantitative estimate of drug-likeness (QED) is 0.291. The molecular weight excluding hydrogens is 462 g/mol. The Labute approximate surface area is 207 Å². The first-order valence-electron chi connectivity index (χ1n) is 11.5. The van der Waals surface area contributed by atoms with Crippen molar-refractivity contribution in [1.29, 1.82) is 0 Å². The van der Waals surface area contributed by atoms with Crippen molar-refractivity contribution in [3.63, 3.8) is 0 Å². The summed E-state index contributed by atoms with van der Waals surface area (Å²) in [6.07, 6.45) is 3.64. The molecule has 1 aliphatic carbocycles. The smallest absolute Gasteiger partial charge is 0.251 e. The molecule has 180 valence electrons. The molecule has 5 rings (SSSR count). The second-order valence-electron chi connectivity index (χ2n) is 9.34. The summed E-state index contributed by atoms with van der Waals surface area (Å²) in [5, 5.41) is 32.7. The summed E-state index contributed by atoms with van der Waals surface area (Å²) >= 11 is 1.50. The average molecular weight is 490 g/mol. The maximum Gasteiger partial charge on any atom is 0.251 e. The summed E-state index contributed by atoms with van der Waals surface area (Å²) in [5.74, 6) is -0.213. The number of aromatic hydroxyl groups is 1. The third-order valence-corrected chi connectivity index (χ3v) is 6.49. The number of benzene rings is 2. The van der Waals surface area contributed by atoms with Crippen LogP contribution in [0.2, 0.25) is 0 Å². The average Bonchev–Trinajstić information content (AvgIpc) is 3.54. The summed E-state index contributed by atoms with van der Waals surface area (Å²) in [6, 6.07) is 16.9. The van der Waals surface area contributed by atoms with Gasteiger partial charge >= 0.3 is 0 Å². The Balaban J connectivity index is 1.54. The van der Waals surface area contributed by atoms with Crippen molar-refractivity contribution in [1.82, 2.24) is 19.9 Å². The number of hydrogen-bond donors (Lipinski definition) is 4. The van der Waals surface area contributed by atoms with Crippen molar-refractivity contribution in [2.75, 3.05) is 11.9 Å². The number of amides is 1. The zero-order valence-corrected chi connectivity index (χ0v) is 20.3. The maximum absolute atomic E-state index is 12.4. The lowest BCUT2D eigenvalue weighted by Gasteiger charge is -2.19. The number of hydrogen-bond acceptors (Lipinski definition) is 7. The predicted octanol–water partition coefficient (Wildman–Crippen LogP) is 4.33. The predicted molar refractivity (Wildman–Crippen MR) is 136 cm³/mol. The Bertz CT molecular complexity index is 1380. The second kappa shape index (κ2) is 9.24. The van der Waals surface area contributed by atoms with Gasteiger partial charge in [-0.1, -0.05) is 30.0 Å². The van der Waals surface area contributed by atoms with E-state index in [4.69, 9.17) is 5.10 Å². The highest BCUT2D eigenvalue weighted by atomic mass is 32.2. The van der Waals surface area contributed by atoms with Gasteiger partial charge < -0.3 is 20.8 Å². The van der Waals surface area contributed by atoms with Crippen molar-refractivity contribution in [3.8, 4) is 17.0 Å². The Kier molecular flexibility index (Phi) is 6.12. The van der Waals surface area contributed by atoms with E-state index in [2.05, 4.69) is 15.6 Å². The van der Waals surface area contributed by atoms with Crippen molar-refractivity contribution >= 4 is 29.0 Å². The van der Waals surface area contributed by atoms with Crippen LogP contribution < -0.4 is 10.6 Å². The minimum Gasteiger partial charge on any atom is -0.507 e. The fourth-order valence-corrected chi connectivity index (χ4v) is 4.45. The topological polar surface area (TPSA) is 112 Å². The fraction of sp³-hybridized carbons (Fsp3) is 0.269. The lowest BCUT2D eigenvalue weighted by atomic mass is 10.1. The van der Waals surface area contributed by atoms with Crippen LogP contribution >= 0.6 is 11.8 Å². The number of nitrogens with zero attached hydrogens (tertiary/aromatic N) is 3. The SMILES string of the molecule is CC(C)(O)CNc1cc(Sc2ccccc2)nn2c(-c3ccc(C(=O)NC4CC4)cc3O)cnc12. The van der Waals surface area contributed by atoms with Gasteiger partial charge in [-0.15, -0.1) is 0 Å². The molecule has 0 bridgehead atoms. The summed E-state index contributed by atoms with van der Waals surface area (Å²) in [5.41, 5.74) is 1.88. The first kappa shape index (κ1) is 23.2. The molecule has 0 spiro atoms. The molecule has 8 nitrogen and oxygen atoms in total. The van der Waals surface area contributed by atoms with Crippen molar-refractivity contribution in [2.45, 2.75) is 48.3 Å². The van der Waals surface area contributed by atoms with Crippen LogP contribution in [0.4, 0.5) is 5.69 Å². The van der Waals surface area contributed by atoms with Gasteiger partial charge in [0.1, 0.15) is 10.8 Å². The largest absolute Gasteiger partial charge is 0.507 e. The molecule has 0 atom stereocenters. The Hall–Kier alpha value is -3.56. The number of nitrogens with one attached hydrogen (secondary N) is 2. The van der Waals surface area contributed by atoms with Crippen LogP contribution in [0.3, 0.4) is 0 Å². The number of rotatable bonds is 8. The molecule has 4 aromatic rings. The van der Waals surface area contributed by atoms with Crippen LogP contribution in [0.1, 0.15) is 37.0 Å². The number of carbonyl (C=O) groups is 1. The van der Waals surface area contributed by atoms with Gasteiger partial charge in [0.15, 0.2) is 5.65 Å². The van der Waals surface area contributed by atoms with Crippen LogP contribution in [0.5, 0.6) is 5.75 Å². The molecule has 1 amide bonds. The van der Waals surface area contributed by atoms with E-state index < -0.39 is 5.60 Å². The van der Waals surface area contributed by atoms with E-state index in [1.54, 1.807) is 36.7 Å². The lowest BCUT2D eigenvalue weighted by Crippen LogP contribution is -2.29. The zero-order valence-electron chi connectivity index (χ0n) is 19.5. The number of carbonyl (C=O) groups excluding carboxylic acids is 1. The highest BCUT2D eigenvalue weighted by Crippen LogP contribution is 2.34. The van der Waals surface area contributed by atoms with E-state index in [0.717, 1.165) is 22.8 Å². The van der Waals surface area contributed by atoms with Crippen molar-refractivity contribution < 1.29 is 15.0 Å². The van der Waals surface area contributed by atoms with Gasteiger partial charge in [-0.3, -0.25) is 4.79 Å². The first-order chi connectivity index (χ1) is 16.8. The highest BCUT2D eigenvalue weighted by molar-refractivity contribution is 7.99. The lowest BCUT2D eigenvalue weighted by molar-refractivity contribution is 0.0940. The summed E-state index contributed by atoms with van der Waals surface area (Å²) in [7, 11) is 0. The monoisotopic (exact) mass is 489 g/mol. The minimum atomic E-state index is -0.919. The fourth-order valence-electron chi connectivity index (χ4n) is 3.62. The van der Waals surface area contributed by atoms with E-state index in [-0.39, 0.29) is 17.7 Å². The van der Waals surface area contributed by atoms with Gasteiger partial charge in [0.25, 0.3) is 5.91 Å². The number of aliphatic hydroxyl groups is 1. The molecule has 4 N–H and O–H groups in total. The molecule has 1 fully saturated rings. The maximum atomic E-state index is 12.4. The molecular formula is C26H27N5O3S. The van der Waals surface area contributed by atoms with Gasteiger partial charge in [-0.2, -0.15) is 5.10 Å². The number of fused-ring (bicyclic) bond motifs is 1. The molecule has 0 radical (unpaired) electrons. The van der Waals surface area contributed by atoms with E-state index in [1.807, 2.05) is 36.4 Å². The molecule has 0 aliphatic heterocycles. The standard InChI is InChI=1S/C26H27N5O3S/c1-26(2,34)15-28-20-13-23(35-18-6-4-3-5-7-18)30-31-21(14-27-24(20)31)19-11-8-16(12-22(19)32)25(33)29-17-9-10-17/h3-8,11-14,17,28,32,34H,9-10,15H2,1-2H3,(H,29,33). The molecule has 1 aliphatic rings. The summed E-state index contributed by atoms with van der Waals surface area (Å²) in [4.78, 5) is 18.0. The molecule has 35 heavy (non-hydrogen) atoms. The van der Waals surface area contributed by atoms with Gasteiger partial charge in [-0.25, -0.2) is 9.50 Å². The minimum absolute atomic E-state index is 0.0239. The highest BCUT2D eigenvalue weighted by Gasteiger charge is 2.24. The molecule has 2 aromatic heterocycles. The molecule has 1 saturated carbocycles. The van der Waals surface area contributed by atoms with Crippen LogP contribution in [-0.2, 0) is 0 Å². The van der Waals surface area contributed by atoms with E-state index >= 15 is 0 Å². The second-order valence-corrected chi connectivity index (χ2v) is 10.4. The number of phenols is 1. The van der Waals surface area contributed by atoms with Gasteiger partial charge in [0, 0.05) is 28.6 Å². The zero-order chi connectivity index (χ0) is 24.6. The Morgan fingerprint density at radius 2 is 1.94 bits per heavy atom. The third-order valence-electron chi connectivity index (χ3n) is 5.57. The molecule has 2 heterocycles. The summed E-state index contributed by atoms with van der Waals surface area (Å²) < 4.78 is 1.68. The first-order valence-corrected chi connectivity index (χ1v) is 12.3. The van der Waals surface area contributed by atoms with E-state index in [9.17, 15) is 15.0 Å². The van der Waals surface area contributed by atoms with Crippen LogP contribution in [0.25, 0.3) is 16.9 Å². The Morgan fingerprint density at radius 1 is 1.17 bits per heavy atom.